The van der Waals surface area contributed by atoms with Gasteiger partial charge in [0.25, 0.3) is 0 Å². The maximum Gasteiger partial charge on any atom is 0.181 e. The molecule has 0 unspecified atom stereocenters. The summed E-state index contributed by atoms with van der Waals surface area (Å²) in [6.07, 6.45) is 1.44. The summed E-state index contributed by atoms with van der Waals surface area (Å²) in [5.74, 6) is -1.00. The zero-order valence-electron chi connectivity index (χ0n) is 12.1. The minimum Gasteiger partial charge on any atom is -0.335 e. The molecule has 0 atom stereocenters. The number of hydrogen-bond acceptors (Lipinski definition) is 3. The van der Waals surface area contributed by atoms with Crippen molar-refractivity contribution in [3.05, 3.63) is 65.3 Å². The van der Waals surface area contributed by atoms with Gasteiger partial charge in [-0.3, -0.25) is 0 Å². The number of nitrogens with one attached hydrogen (secondary N) is 1. The van der Waals surface area contributed by atoms with E-state index in [2.05, 4.69) is 19.9 Å². The Morgan fingerprint density at radius 2 is 1.67 bits per heavy atom. The number of imidazole rings is 1. The van der Waals surface area contributed by atoms with Gasteiger partial charge in [-0.05, 0) is 24.3 Å². The Bertz CT molecular complexity index is 1040. The number of hydrogen-bond donors (Lipinski definition) is 1. The molecule has 2 heterocycles. The molecule has 4 rings (SSSR count). The second-order valence-electron chi connectivity index (χ2n) is 5.09. The smallest absolute Gasteiger partial charge is 0.181 e. The van der Waals surface area contributed by atoms with E-state index in [1.54, 1.807) is 6.07 Å². The number of rotatable bonds is 2. The minimum atomic E-state index is -0.726. The first kappa shape index (κ1) is 14.7. The Morgan fingerprint density at radius 3 is 2.42 bits per heavy atom. The number of aromatic amines is 1. The molecule has 0 aliphatic heterocycles. The molecule has 1 N–H and O–H groups in total. The standard InChI is InChI=1S/C17H9ClF2N4/c18-10-5-2-1-4-9(10)15-22-13-8-21-17(24-16(13)23-15)14-11(19)6-3-7-12(14)20/h1-8H,(H,21,22,23,24). The number of aromatic nitrogens is 4. The van der Waals surface area contributed by atoms with E-state index < -0.39 is 11.6 Å². The summed E-state index contributed by atoms with van der Waals surface area (Å²) in [5, 5.41) is 0.532. The van der Waals surface area contributed by atoms with Gasteiger partial charge in [-0.1, -0.05) is 29.8 Å². The van der Waals surface area contributed by atoms with Crippen molar-refractivity contribution in [2.75, 3.05) is 0 Å². The summed E-state index contributed by atoms with van der Waals surface area (Å²) < 4.78 is 27.8. The van der Waals surface area contributed by atoms with Crippen molar-refractivity contribution >= 4 is 22.8 Å². The fourth-order valence-electron chi connectivity index (χ4n) is 2.42. The average Bonchev–Trinajstić information content (AvgIpc) is 2.98. The molecule has 0 radical (unpaired) electrons. The lowest BCUT2D eigenvalue weighted by molar-refractivity contribution is 0.587. The quantitative estimate of drug-likeness (QED) is 0.578. The Hall–Kier alpha value is -2.86. The molecule has 4 nitrogen and oxygen atoms in total. The molecule has 0 saturated carbocycles. The fraction of sp³-hybridized carbons (Fsp3) is 0. The van der Waals surface area contributed by atoms with E-state index in [0.29, 0.717) is 27.6 Å². The summed E-state index contributed by atoms with van der Waals surface area (Å²) in [4.78, 5) is 15.6. The third-order valence-corrected chi connectivity index (χ3v) is 3.88. The molecular weight excluding hydrogens is 334 g/mol. The Morgan fingerprint density at radius 1 is 0.917 bits per heavy atom. The number of H-pyrrole nitrogens is 1. The highest BCUT2D eigenvalue weighted by atomic mass is 35.5. The van der Waals surface area contributed by atoms with E-state index in [9.17, 15) is 8.78 Å². The van der Waals surface area contributed by atoms with Crippen molar-refractivity contribution in [3.8, 4) is 22.8 Å². The van der Waals surface area contributed by atoms with Crippen LogP contribution in [0.3, 0.4) is 0 Å². The topological polar surface area (TPSA) is 54.5 Å². The second-order valence-corrected chi connectivity index (χ2v) is 5.50. The summed E-state index contributed by atoms with van der Waals surface area (Å²) in [6, 6.07) is 10.8. The van der Waals surface area contributed by atoms with Gasteiger partial charge in [0.2, 0.25) is 0 Å². The second kappa shape index (κ2) is 5.65. The Balaban J connectivity index is 1.87. The normalized spacial score (nSPS) is 11.1. The molecule has 2 aromatic heterocycles. The first-order chi connectivity index (χ1) is 11.6. The molecule has 0 saturated heterocycles. The van der Waals surface area contributed by atoms with Crippen LogP contribution in [0, 0.1) is 11.6 Å². The van der Waals surface area contributed by atoms with Crippen molar-refractivity contribution in [1.29, 1.82) is 0 Å². The number of benzene rings is 2. The first-order valence-corrected chi connectivity index (χ1v) is 7.43. The van der Waals surface area contributed by atoms with Crippen LogP contribution in [0.4, 0.5) is 8.78 Å². The van der Waals surface area contributed by atoms with E-state index >= 15 is 0 Å². The predicted octanol–water partition coefficient (Wildman–Crippen LogP) is 4.62. The van der Waals surface area contributed by atoms with Crippen LogP contribution in [0.1, 0.15) is 0 Å². The van der Waals surface area contributed by atoms with Gasteiger partial charge < -0.3 is 4.98 Å². The van der Waals surface area contributed by atoms with E-state index in [1.807, 2.05) is 18.2 Å². The molecule has 0 aliphatic carbocycles. The van der Waals surface area contributed by atoms with Crippen LogP contribution in [-0.4, -0.2) is 19.9 Å². The summed E-state index contributed by atoms with van der Waals surface area (Å²) in [5.41, 5.74) is 1.28. The fourth-order valence-corrected chi connectivity index (χ4v) is 2.65. The molecule has 0 fully saturated rings. The summed E-state index contributed by atoms with van der Waals surface area (Å²) >= 11 is 6.16. The van der Waals surface area contributed by atoms with Gasteiger partial charge in [-0.15, -0.1) is 0 Å². The van der Waals surface area contributed by atoms with Crippen molar-refractivity contribution < 1.29 is 8.78 Å². The largest absolute Gasteiger partial charge is 0.335 e. The van der Waals surface area contributed by atoms with E-state index in [0.717, 1.165) is 12.1 Å². The molecular formula is C17H9ClF2N4. The van der Waals surface area contributed by atoms with Crippen molar-refractivity contribution in [3.63, 3.8) is 0 Å². The summed E-state index contributed by atoms with van der Waals surface area (Å²) in [6.45, 7) is 0. The lowest BCUT2D eigenvalue weighted by atomic mass is 10.2. The molecule has 0 bridgehead atoms. The third kappa shape index (κ3) is 2.41. The van der Waals surface area contributed by atoms with Gasteiger partial charge in [0.1, 0.15) is 23.0 Å². The number of halogens is 3. The third-order valence-electron chi connectivity index (χ3n) is 3.55. The lowest BCUT2D eigenvalue weighted by Gasteiger charge is -2.02. The minimum absolute atomic E-state index is 0.0599. The maximum atomic E-state index is 13.9. The van der Waals surface area contributed by atoms with E-state index in [-0.39, 0.29) is 11.4 Å². The highest BCUT2D eigenvalue weighted by Gasteiger charge is 2.16. The van der Waals surface area contributed by atoms with Crippen LogP contribution in [-0.2, 0) is 0 Å². The van der Waals surface area contributed by atoms with Crippen LogP contribution in [0.2, 0.25) is 5.02 Å². The molecule has 0 amide bonds. The maximum absolute atomic E-state index is 13.9. The van der Waals surface area contributed by atoms with Crippen molar-refractivity contribution in [1.82, 2.24) is 19.9 Å². The molecule has 4 aromatic rings. The highest BCUT2D eigenvalue weighted by Crippen LogP contribution is 2.28. The Kier molecular flexibility index (Phi) is 3.46. The van der Waals surface area contributed by atoms with Crippen LogP contribution in [0.15, 0.2) is 48.7 Å². The van der Waals surface area contributed by atoms with Gasteiger partial charge >= 0.3 is 0 Å². The molecule has 2 aromatic carbocycles. The average molecular weight is 343 g/mol. The predicted molar refractivity (Wildman–Crippen MR) is 87.5 cm³/mol. The van der Waals surface area contributed by atoms with Crippen molar-refractivity contribution in [2.45, 2.75) is 0 Å². The number of nitrogens with zero attached hydrogens (tertiary/aromatic N) is 3. The molecule has 0 spiro atoms. The molecule has 7 heteroatoms. The highest BCUT2D eigenvalue weighted by molar-refractivity contribution is 6.33. The summed E-state index contributed by atoms with van der Waals surface area (Å²) in [7, 11) is 0. The number of fused-ring (bicyclic) bond motifs is 1. The van der Waals surface area contributed by atoms with Gasteiger partial charge in [-0.2, -0.15) is 0 Å². The lowest BCUT2D eigenvalue weighted by Crippen LogP contribution is -1.95. The van der Waals surface area contributed by atoms with Crippen molar-refractivity contribution in [2.24, 2.45) is 0 Å². The Labute approximate surface area is 140 Å². The molecule has 0 aliphatic rings. The van der Waals surface area contributed by atoms with E-state index in [4.69, 9.17) is 11.6 Å². The zero-order chi connectivity index (χ0) is 16.7. The van der Waals surface area contributed by atoms with Gasteiger partial charge in [0.15, 0.2) is 11.5 Å². The van der Waals surface area contributed by atoms with Crippen LogP contribution < -0.4 is 0 Å². The first-order valence-electron chi connectivity index (χ1n) is 7.05. The molecule has 118 valence electrons. The van der Waals surface area contributed by atoms with Gasteiger partial charge in [-0.25, -0.2) is 23.7 Å². The zero-order valence-corrected chi connectivity index (χ0v) is 12.9. The van der Waals surface area contributed by atoms with Gasteiger partial charge in [0, 0.05) is 5.56 Å². The monoisotopic (exact) mass is 342 g/mol. The SMILES string of the molecule is Fc1cccc(F)c1-c1ncc2[nH]c(-c3ccccc3Cl)nc2n1. The van der Waals surface area contributed by atoms with Gasteiger partial charge in [0.05, 0.1) is 16.8 Å². The van der Waals surface area contributed by atoms with E-state index in [1.165, 1.54) is 12.3 Å². The molecule has 24 heavy (non-hydrogen) atoms. The van der Waals surface area contributed by atoms with Crippen LogP contribution in [0.5, 0.6) is 0 Å². The van der Waals surface area contributed by atoms with Crippen LogP contribution >= 0.6 is 11.6 Å². The van der Waals surface area contributed by atoms with Crippen LogP contribution in [0.25, 0.3) is 33.9 Å².